The summed E-state index contributed by atoms with van der Waals surface area (Å²) in [5.74, 6) is -1.06. The van der Waals surface area contributed by atoms with Crippen LogP contribution in [0.15, 0.2) is 30.3 Å². The maximum atomic E-state index is 5.81. The van der Waals surface area contributed by atoms with Crippen LogP contribution >= 0.6 is 0 Å². The van der Waals surface area contributed by atoms with E-state index in [1.165, 1.54) is 5.19 Å². The summed E-state index contributed by atoms with van der Waals surface area (Å²) in [7, 11) is -0.782. The molecule has 0 spiro atoms. The highest BCUT2D eigenvalue weighted by molar-refractivity contribution is 6.46. The maximum absolute atomic E-state index is 5.81. The van der Waals surface area contributed by atoms with Crippen molar-refractivity contribution in [2.45, 2.75) is 26.7 Å². The van der Waals surface area contributed by atoms with Crippen molar-refractivity contribution < 1.29 is 18.6 Å². The van der Waals surface area contributed by atoms with Crippen molar-refractivity contribution in [1.82, 2.24) is 0 Å². The number of hydrogen-bond donors (Lipinski definition) is 0. The van der Waals surface area contributed by atoms with Crippen molar-refractivity contribution >= 4 is 14.9 Å². The lowest BCUT2D eigenvalue weighted by Gasteiger charge is -2.32. The van der Waals surface area contributed by atoms with E-state index >= 15 is 0 Å². The third-order valence-corrected chi connectivity index (χ3v) is 3.70. The van der Waals surface area contributed by atoms with Crippen LogP contribution in [0.1, 0.15) is 20.8 Å². The average molecular weight is 284 g/mol. The van der Waals surface area contributed by atoms with E-state index in [1.807, 2.05) is 39.0 Å². The fraction of sp³-hybridized carbons (Fsp3) is 0.571. The van der Waals surface area contributed by atoms with Gasteiger partial charge in [0.1, 0.15) is 6.61 Å². The molecule has 4 nitrogen and oxygen atoms in total. The van der Waals surface area contributed by atoms with Crippen LogP contribution in [0.3, 0.4) is 0 Å². The number of ether oxygens (including phenoxy) is 3. The zero-order chi connectivity index (χ0) is 14.0. The molecule has 0 amide bonds. The summed E-state index contributed by atoms with van der Waals surface area (Å²) in [5.41, 5.74) is 0. The van der Waals surface area contributed by atoms with Crippen molar-refractivity contribution in [3.05, 3.63) is 30.3 Å². The second-order valence-corrected chi connectivity index (χ2v) is 5.47. The molecule has 0 radical (unpaired) electrons. The van der Waals surface area contributed by atoms with E-state index in [-0.39, 0.29) is 0 Å². The molecule has 108 valence electrons. The van der Waals surface area contributed by atoms with Crippen LogP contribution in [0.4, 0.5) is 0 Å². The molecule has 0 unspecified atom stereocenters. The van der Waals surface area contributed by atoms with Crippen LogP contribution in [0.5, 0.6) is 0 Å². The van der Waals surface area contributed by atoms with Gasteiger partial charge in [-0.25, -0.2) is 0 Å². The van der Waals surface area contributed by atoms with E-state index in [1.54, 1.807) is 0 Å². The summed E-state index contributed by atoms with van der Waals surface area (Å²) >= 11 is 0. The molecule has 19 heavy (non-hydrogen) atoms. The Morgan fingerprint density at radius 3 is 1.89 bits per heavy atom. The molecule has 5 heteroatoms. The Bertz CT molecular complexity index is 314. The summed E-state index contributed by atoms with van der Waals surface area (Å²) < 4.78 is 22.6. The molecule has 1 rings (SSSR count). The smallest absolute Gasteiger partial charge is 0.306 e. The first-order valence-corrected chi connectivity index (χ1v) is 8.08. The summed E-state index contributed by atoms with van der Waals surface area (Å²) in [6, 6.07) is 10.2. The van der Waals surface area contributed by atoms with E-state index in [0.29, 0.717) is 26.4 Å². The van der Waals surface area contributed by atoms with Gasteiger partial charge in [0.2, 0.25) is 0 Å². The van der Waals surface area contributed by atoms with Gasteiger partial charge in [-0.3, -0.25) is 0 Å². The molecule has 0 aliphatic heterocycles. The molecule has 0 bridgehead atoms. The van der Waals surface area contributed by atoms with Gasteiger partial charge >= 0.3 is 5.97 Å². The molecule has 0 saturated heterocycles. The first-order chi connectivity index (χ1) is 9.26. The van der Waals surface area contributed by atoms with E-state index in [9.17, 15) is 0 Å². The highest BCUT2D eigenvalue weighted by atomic mass is 28.2. The summed E-state index contributed by atoms with van der Waals surface area (Å²) in [6.45, 7) is 7.64. The number of benzene rings is 1. The number of rotatable bonds is 10. The molecule has 0 N–H and O–H groups in total. The van der Waals surface area contributed by atoms with Gasteiger partial charge in [-0.15, -0.1) is 0 Å². The van der Waals surface area contributed by atoms with E-state index in [4.69, 9.17) is 18.6 Å². The van der Waals surface area contributed by atoms with Crippen LogP contribution in [-0.4, -0.2) is 42.2 Å². The third-order valence-electron chi connectivity index (χ3n) is 2.48. The monoisotopic (exact) mass is 284 g/mol. The fourth-order valence-electron chi connectivity index (χ4n) is 1.78. The minimum absolute atomic E-state index is 0.309. The molecular formula is C14H24O4Si. The summed E-state index contributed by atoms with van der Waals surface area (Å²) in [5, 5.41) is 1.25. The molecule has 0 atom stereocenters. The normalized spacial score (nSPS) is 12.4. The van der Waals surface area contributed by atoms with Gasteiger partial charge in [0.05, 0.1) is 0 Å². The first kappa shape index (κ1) is 16.3. The molecule has 0 aromatic heterocycles. The van der Waals surface area contributed by atoms with Gasteiger partial charge in [-0.05, 0) is 26.0 Å². The summed E-state index contributed by atoms with van der Waals surface area (Å²) in [6.07, 6.45) is 0. The zero-order valence-corrected chi connectivity index (χ0v) is 13.5. The Balaban J connectivity index is 2.51. The minimum Gasteiger partial charge on any atom is -0.410 e. The molecule has 0 fully saturated rings. The van der Waals surface area contributed by atoms with Crippen LogP contribution in [0, 0.1) is 0 Å². The highest BCUT2D eigenvalue weighted by Gasteiger charge is 2.32. The van der Waals surface area contributed by atoms with Crippen LogP contribution in [0.25, 0.3) is 0 Å². The van der Waals surface area contributed by atoms with Crippen molar-refractivity contribution in [1.29, 1.82) is 0 Å². The molecular weight excluding hydrogens is 260 g/mol. The van der Waals surface area contributed by atoms with E-state index < -0.39 is 15.7 Å². The highest BCUT2D eigenvalue weighted by Crippen LogP contribution is 2.16. The van der Waals surface area contributed by atoms with Gasteiger partial charge < -0.3 is 18.6 Å². The van der Waals surface area contributed by atoms with Crippen molar-refractivity contribution in [2.24, 2.45) is 0 Å². The van der Waals surface area contributed by atoms with Crippen molar-refractivity contribution in [3.63, 3.8) is 0 Å². The van der Waals surface area contributed by atoms with Gasteiger partial charge in [-0.1, -0.05) is 30.3 Å². The first-order valence-electron chi connectivity index (χ1n) is 6.79. The van der Waals surface area contributed by atoms with Gasteiger partial charge in [-0.2, -0.15) is 0 Å². The third kappa shape index (κ3) is 5.84. The van der Waals surface area contributed by atoms with E-state index in [2.05, 4.69) is 12.1 Å². The predicted octanol–water partition coefficient (Wildman–Crippen LogP) is 1.18. The van der Waals surface area contributed by atoms with Crippen molar-refractivity contribution in [2.75, 3.05) is 26.4 Å². The molecule has 0 saturated carbocycles. The molecule has 1 aromatic carbocycles. The molecule has 1 aromatic rings. The molecule has 0 aliphatic carbocycles. The van der Waals surface area contributed by atoms with Gasteiger partial charge in [0.25, 0.3) is 0 Å². The van der Waals surface area contributed by atoms with E-state index in [0.717, 1.165) is 0 Å². The largest absolute Gasteiger partial charge is 0.410 e. The quantitative estimate of drug-likeness (QED) is 0.477. The maximum Gasteiger partial charge on any atom is 0.306 e. The number of hydrogen-bond acceptors (Lipinski definition) is 4. The zero-order valence-electron chi connectivity index (χ0n) is 12.1. The standard InChI is InChI=1S/C14H24O4Si/c1-4-15-14(16-5-2,17-6-3)12-18-19-13-10-8-7-9-11-13/h7-11H,4-6,12,19H2,1-3H3. The lowest BCUT2D eigenvalue weighted by Crippen LogP contribution is -2.45. The van der Waals surface area contributed by atoms with Crippen molar-refractivity contribution in [3.8, 4) is 0 Å². The Morgan fingerprint density at radius 2 is 1.42 bits per heavy atom. The minimum atomic E-state index is -1.06. The average Bonchev–Trinajstić information content (AvgIpc) is 2.41. The second kappa shape index (κ2) is 9.22. The van der Waals surface area contributed by atoms with Crippen LogP contribution in [0.2, 0.25) is 0 Å². The summed E-state index contributed by atoms with van der Waals surface area (Å²) in [4.78, 5) is 0. The fourth-order valence-corrected chi connectivity index (χ4v) is 2.83. The van der Waals surface area contributed by atoms with Crippen LogP contribution < -0.4 is 5.19 Å². The lowest BCUT2D eigenvalue weighted by molar-refractivity contribution is -0.385. The predicted molar refractivity (Wildman–Crippen MR) is 78.2 cm³/mol. The van der Waals surface area contributed by atoms with Gasteiger partial charge in [0.15, 0.2) is 9.76 Å². The second-order valence-electron chi connectivity index (χ2n) is 3.96. The SMILES string of the molecule is CCOC(CO[SiH2]c1ccccc1)(OCC)OCC. The lowest BCUT2D eigenvalue weighted by atomic mass is 10.4. The van der Waals surface area contributed by atoms with Crippen LogP contribution in [-0.2, 0) is 18.6 Å². The molecule has 0 aliphatic rings. The Morgan fingerprint density at radius 1 is 0.895 bits per heavy atom. The Labute approximate surface area is 118 Å². The Kier molecular flexibility index (Phi) is 7.93. The Hall–Kier alpha value is -0.723. The topological polar surface area (TPSA) is 36.9 Å². The molecule has 0 heterocycles. The van der Waals surface area contributed by atoms with Gasteiger partial charge in [0, 0.05) is 19.8 Å².